The molecule has 1 N–H and O–H groups in total. The number of nitrogens with zero attached hydrogens (tertiary/aromatic N) is 3. The van der Waals surface area contributed by atoms with E-state index in [4.69, 9.17) is 0 Å². The summed E-state index contributed by atoms with van der Waals surface area (Å²) < 4.78 is 0. The monoisotopic (exact) mass is 386 g/mol. The van der Waals surface area contributed by atoms with Crippen LogP contribution in [0.4, 0.5) is 5.69 Å². The van der Waals surface area contributed by atoms with E-state index in [-0.39, 0.29) is 5.91 Å². The molecule has 0 bridgehead atoms. The number of piperazine rings is 1. The maximum atomic E-state index is 12.5. The molecular weight excluding hydrogens is 348 g/mol. The Labute approximate surface area is 171 Å². The first-order valence-corrected chi connectivity index (χ1v) is 11.1. The number of hydrogen-bond donors (Lipinski definition) is 1. The maximum Gasteiger partial charge on any atom is 0.238 e. The SMILES string of the molecule is CCc1ccccc1NC(=O)CN1CCN(C[C@@H]2CCCCN2C(C)C)CC1. The smallest absolute Gasteiger partial charge is 0.238 e. The lowest BCUT2D eigenvalue weighted by Gasteiger charge is -2.43. The third-order valence-corrected chi connectivity index (χ3v) is 6.31. The van der Waals surface area contributed by atoms with E-state index in [9.17, 15) is 4.79 Å². The predicted octanol–water partition coefficient (Wildman–Crippen LogP) is 3.07. The molecule has 2 heterocycles. The number of hydrogen-bond acceptors (Lipinski definition) is 4. The van der Waals surface area contributed by atoms with E-state index < -0.39 is 0 Å². The van der Waals surface area contributed by atoms with Crippen LogP contribution in [0.5, 0.6) is 0 Å². The van der Waals surface area contributed by atoms with Gasteiger partial charge in [0.2, 0.25) is 5.91 Å². The quantitative estimate of drug-likeness (QED) is 0.782. The van der Waals surface area contributed by atoms with Gasteiger partial charge >= 0.3 is 0 Å². The van der Waals surface area contributed by atoms with Gasteiger partial charge in [0, 0.05) is 50.5 Å². The topological polar surface area (TPSA) is 38.8 Å². The molecule has 5 nitrogen and oxygen atoms in total. The molecule has 0 radical (unpaired) electrons. The number of aryl methyl sites for hydroxylation is 1. The molecule has 2 fully saturated rings. The Kier molecular flexibility index (Phi) is 7.89. The summed E-state index contributed by atoms with van der Waals surface area (Å²) in [5.41, 5.74) is 2.16. The molecule has 1 amide bonds. The molecule has 0 unspecified atom stereocenters. The summed E-state index contributed by atoms with van der Waals surface area (Å²) in [4.78, 5) is 20.1. The largest absolute Gasteiger partial charge is 0.325 e. The second-order valence-electron chi connectivity index (χ2n) is 8.62. The summed E-state index contributed by atoms with van der Waals surface area (Å²) in [6.07, 6.45) is 4.98. The van der Waals surface area contributed by atoms with Crippen molar-refractivity contribution >= 4 is 11.6 Å². The van der Waals surface area contributed by atoms with Crippen LogP contribution in [0.3, 0.4) is 0 Å². The highest BCUT2D eigenvalue weighted by molar-refractivity contribution is 5.93. The fraction of sp³-hybridized carbons (Fsp3) is 0.696. The van der Waals surface area contributed by atoms with Gasteiger partial charge in [0.15, 0.2) is 0 Å². The van der Waals surface area contributed by atoms with Gasteiger partial charge in [-0.05, 0) is 51.3 Å². The number of rotatable bonds is 7. The highest BCUT2D eigenvalue weighted by atomic mass is 16.2. The number of nitrogens with one attached hydrogen (secondary N) is 1. The number of carbonyl (C=O) groups excluding carboxylic acids is 1. The summed E-state index contributed by atoms with van der Waals surface area (Å²) in [5.74, 6) is 0.104. The van der Waals surface area contributed by atoms with Gasteiger partial charge in [-0.15, -0.1) is 0 Å². The number of amides is 1. The molecule has 1 aromatic carbocycles. The third-order valence-electron chi connectivity index (χ3n) is 6.31. The van der Waals surface area contributed by atoms with E-state index in [1.54, 1.807) is 0 Å². The average Bonchev–Trinajstić information content (AvgIpc) is 2.70. The Morgan fingerprint density at radius 1 is 1.07 bits per heavy atom. The highest BCUT2D eigenvalue weighted by Gasteiger charge is 2.28. The van der Waals surface area contributed by atoms with Crippen LogP contribution in [0.15, 0.2) is 24.3 Å². The van der Waals surface area contributed by atoms with E-state index in [0.717, 1.165) is 38.3 Å². The van der Waals surface area contributed by atoms with Gasteiger partial charge in [-0.3, -0.25) is 19.5 Å². The molecule has 2 saturated heterocycles. The minimum Gasteiger partial charge on any atom is -0.325 e. The van der Waals surface area contributed by atoms with Crippen LogP contribution in [0.1, 0.15) is 45.6 Å². The van der Waals surface area contributed by atoms with Crippen LogP contribution in [-0.2, 0) is 11.2 Å². The number of anilines is 1. The number of piperidine rings is 1. The van der Waals surface area contributed by atoms with Crippen LogP contribution >= 0.6 is 0 Å². The van der Waals surface area contributed by atoms with Crippen LogP contribution in [-0.4, -0.2) is 78.5 Å². The number of para-hydroxylation sites is 1. The Balaban J connectivity index is 1.43. The molecule has 0 spiro atoms. The molecule has 0 aliphatic carbocycles. The third kappa shape index (κ3) is 5.79. The standard InChI is InChI=1S/C23H38N4O/c1-4-20-9-5-6-11-22(20)24-23(28)18-26-15-13-25(14-16-26)17-21-10-7-8-12-27(21)19(2)3/h5-6,9,11,19,21H,4,7-8,10,12-18H2,1-3H3,(H,24,28)/t21-/m0/s1. The Morgan fingerprint density at radius 3 is 2.50 bits per heavy atom. The molecule has 0 aromatic heterocycles. The molecule has 156 valence electrons. The lowest BCUT2D eigenvalue weighted by atomic mass is 9.99. The van der Waals surface area contributed by atoms with E-state index in [1.807, 2.05) is 18.2 Å². The van der Waals surface area contributed by atoms with Gasteiger partial charge in [-0.25, -0.2) is 0 Å². The molecule has 5 heteroatoms. The Morgan fingerprint density at radius 2 is 1.79 bits per heavy atom. The normalized spacial score (nSPS) is 22.5. The fourth-order valence-electron chi connectivity index (χ4n) is 4.67. The summed E-state index contributed by atoms with van der Waals surface area (Å²) in [6.45, 7) is 13.8. The van der Waals surface area contributed by atoms with E-state index in [0.29, 0.717) is 18.6 Å². The van der Waals surface area contributed by atoms with Crippen molar-refractivity contribution in [2.45, 2.75) is 58.5 Å². The first kappa shape index (κ1) is 21.3. The fourth-order valence-corrected chi connectivity index (χ4v) is 4.67. The molecule has 2 aliphatic heterocycles. The van der Waals surface area contributed by atoms with Crippen molar-refractivity contribution in [3.05, 3.63) is 29.8 Å². The maximum absolute atomic E-state index is 12.5. The first-order valence-electron chi connectivity index (χ1n) is 11.1. The second kappa shape index (κ2) is 10.4. The molecule has 28 heavy (non-hydrogen) atoms. The lowest BCUT2D eigenvalue weighted by Crippen LogP contribution is -2.54. The minimum absolute atomic E-state index is 0.104. The van der Waals surface area contributed by atoms with Crippen molar-refractivity contribution in [1.82, 2.24) is 14.7 Å². The molecule has 3 rings (SSSR count). The van der Waals surface area contributed by atoms with E-state index >= 15 is 0 Å². The zero-order valence-corrected chi connectivity index (χ0v) is 18.0. The number of likely N-dealkylation sites (tertiary alicyclic amines) is 1. The molecule has 0 saturated carbocycles. The molecule has 1 aromatic rings. The molecule has 2 aliphatic rings. The van der Waals surface area contributed by atoms with Crippen molar-refractivity contribution in [3.8, 4) is 0 Å². The second-order valence-corrected chi connectivity index (χ2v) is 8.62. The van der Waals surface area contributed by atoms with E-state index in [1.165, 1.54) is 37.9 Å². The van der Waals surface area contributed by atoms with Crippen molar-refractivity contribution in [2.24, 2.45) is 0 Å². The summed E-state index contributed by atoms with van der Waals surface area (Å²) in [7, 11) is 0. The predicted molar refractivity (Wildman–Crippen MR) is 117 cm³/mol. The highest BCUT2D eigenvalue weighted by Crippen LogP contribution is 2.21. The zero-order chi connectivity index (χ0) is 19.9. The molecular formula is C23H38N4O. The van der Waals surface area contributed by atoms with Gasteiger partial charge in [-0.1, -0.05) is 31.5 Å². The van der Waals surface area contributed by atoms with Gasteiger partial charge in [0.05, 0.1) is 6.54 Å². The van der Waals surface area contributed by atoms with Crippen LogP contribution in [0.2, 0.25) is 0 Å². The number of carbonyl (C=O) groups is 1. The minimum atomic E-state index is 0.104. The number of benzene rings is 1. The van der Waals surface area contributed by atoms with Crippen molar-refractivity contribution in [2.75, 3.05) is 51.1 Å². The van der Waals surface area contributed by atoms with Crippen LogP contribution < -0.4 is 5.32 Å². The van der Waals surface area contributed by atoms with Gasteiger partial charge in [0.1, 0.15) is 0 Å². The summed E-state index contributed by atoms with van der Waals surface area (Å²) in [5, 5.41) is 3.10. The van der Waals surface area contributed by atoms with Crippen molar-refractivity contribution < 1.29 is 4.79 Å². The van der Waals surface area contributed by atoms with E-state index in [2.05, 4.69) is 46.9 Å². The molecule has 1 atom stereocenters. The Hall–Kier alpha value is -1.43. The van der Waals surface area contributed by atoms with Crippen LogP contribution in [0, 0.1) is 0 Å². The Bertz CT molecular complexity index is 625. The lowest BCUT2D eigenvalue weighted by molar-refractivity contribution is -0.117. The average molecular weight is 387 g/mol. The van der Waals surface area contributed by atoms with Crippen molar-refractivity contribution in [3.63, 3.8) is 0 Å². The van der Waals surface area contributed by atoms with Gasteiger partial charge < -0.3 is 5.32 Å². The van der Waals surface area contributed by atoms with Crippen molar-refractivity contribution in [1.29, 1.82) is 0 Å². The summed E-state index contributed by atoms with van der Waals surface area (Å²) >= 11 is 0. The van der Waals surface area contributed by atoms with Gasteiger partial charge in [-0.2, -0.15) is 0 Å². The summed E-state index contributed by atoms with van der Waals surface area (Å²) in [6, 6.07) is 9.44. The first-order chi connectivity index (χ1) is 13.6. The zero-order valence-electron chi connectivity index (χ0n) is 18.0. The van der Waals surface area contributed by atoms with Crippen LogP contribution in [0.25, 0.3) is 0 Å². The van der Waals surface area contributed by atoms with Gasteiger partial charge in [0.25, 0.3) is 0 Å².